The third-order valence-corrected chi connectivity index (χ3v) is 7.21. The zero-order valence-electron chi connectivity index (χ0n) is 25.0. The lowest BCUT2D eigenvalue weighted by Crippen LogP contribution is -2.40. The first-order valence-corrected chi connectivity index (χ1v) is 14.4. The van der Waals surface area contributed by atoms with Gasteiger partial charge >= 0.3 is 23.7 Å². The first-order valence-electron chi connectivity index (χ1n) is 14.4. The van der Waals surface area contributed by atoms with Crippen LogP contribution in [0.4, 0.5) is 38.0 Å². The Labute approximate surface area is 266 Å². The van der Waals surface area contributed by atoms with Crippen molar-refractivity contribution in [3.63, 3.8) is 0 Å². The number of piperidine rings is 2. The molecule has 4 aromatic heterocycles. The summed E-state index contributed by atoms with van der Waals surface area (Å²) in [6, 6.07) is 2.16. The van der Waals surface area contributed by atoms with Gasteiger partial charge in [0.05, 0.1) is 17.7 Å². The molecule has 2 aliphatic rings. The molecule has 0 aromatic carbocycles. The third kappa shape index (κ3) is 7.97. The van der Waals surface area contributed by atoms with Crippen LogP contribution in [0.1, 0.15) is 54.0 Å². The summed E-state index contributed by atoms with van der Waals surface area (Å²) < 4.78 is 95.9. The zero-order valence-corrected chi connectivity index (χ0v) is 25.0. The predicted octanol–water partition coefficient (Wildman–Crippen LogP) is 4.89. The fourth-order valence-electron chi connectivity index (χ4n) is 4.69. The average molecular weight is 685 g/mol. The molecule has 2 aliphatic heterocycles. The van der Waals surface area contributed by atoms with Crippen LogP contribution in [0, 0.1) is 11.6 Å². The predicted molar refractivity (Wildman–Crippen MR) is 151 cm³/mol. The van der Waals surface area contributed by atoms with Crippen LogP contribution < -0.4 is 9.80 Å². The van der Waals surface area contributed by atoms with E-state index >= 15 is 0 Å². The number of carbonyl (C=O) groups excluding carboxylic acids is 1. The van der Waals surface area contributed by atoms with Crippen LogP contribution in [-0.4, -0.2) is 92.0 Å². The molecule has 2 fully saturated rings. The van der Waals surface area contributed by atoms with Crippen molar-refractivity contribution in [1.29, 1.82) is 0 Å². The number of esters is 1. The molecule has 1 N–H and O–H groups in total. The number of carboxylic acids is 1. The fourth-order valence-corrected chi connectivity index (χ4v) is 4.69. The Morgan fingerprint density at radius 3 is 1.56 bits per heavy atom. The van der Waals surface area contributed by atoms with E-state index in [1.165, 1.54) is 22.2 Å². The highest BCUT2D eigenvalue weighted by molar-refractivity contribution is 5.84. The zero-order chi connectivity index (χ0) is 34.6. The lowest BCUT2D eigenvalue weighted by molar-refractivity contribution is -0.0228. The van der Waals surface area contributed by atoms with Crippen LogP contribution in [0.25, 0.3) is 22.9 Å². The minimum Gasteiger partial charge on any atom is -0.474 e. The van der Waals surface area contributed by atoms with Gasteiger partial charge in [-0.15, -0.1) is 20.4 Å². The number of ether oxygens (including phenoxy) is 1. The number of aromatic carboxylic acids is 1. The third-order valence-electron chi connectivity index (χ3n) is 7.21. The van der Waals surface area contributed by atoms with Crippen molar-refractivity contribution in [2.45, 2.75) is 44.5 Å². The molecule has 0 amide bonds. The number of hydrogen-bond acceptors (Lipinski definition) is 13. The minimum absolute atomic E-state index is 0.0000133. The maximum atomic E-state index is 14.3. The number of carboxylic acid groups (broad SMARTS) is 1. The van der Waals surface area contributed by atoms with Gasteiger partial charge in [-0.2, -0.15) is 0 Å². The molecular weight excluding hydrogens is 658 g/mol. The fraction of sp³-hybridized carbons (Fsp3) is 0.429. The summed E-state index contributed by atoms with van der Waals surface area (Å²) >= 11 is 0. The molecule has 6 rings (SSSR count). The lowest BCUT2D eigenvalue weighted by Gasteiger charge is -2.32. The molecule has 0 atom stereocenters. The highest BCUT2D eigenvalue weighted by Gasteiger charge is 2.36. The number of halogens is 6. The van der Waals surface area contributed by atoms with E-state index < -0.39 is 41.3 Å². The van der Waals surface area contributed by atoms with Crippen LogP contribution in [0.5, 0.6) is 0 Å². The molecule has 0 aliphatic carbocycles. The van der Waals surface area contributed by atoms with Gasteiger partial charge in [-0.1, -0.05) is 0 Å². The van der Waals surface area contributed by atoms with E-state index in [2.05, 4.69) is 30.4 Å². The number of nitrogens with zero attached hydrogens (tertiary/aromatic N) is 8. The Hall–Kier alpha value is -5.30. The molecule has 20 heteroatoms. The second-order valence-corrected chi connectivity index (χ2v) is 10.6. The number of aromatic nitrogens is 6. The van der Waals surface area contributed by atoms with Gasteiger partial charge in [0, 0.05) is 64.3 Å². The van der Waals surface area contributed by atoms with Crippen molar-refractivity contribution < 1.29 is 54.6 Å². The Bertz CT molecular complexity index is 1770. The van der Waals surface area contributed by atoms with Gasteiger partial charge in [-0.3, -0.25) is 0 Å². The maximum Gasteiger partial charge on any atom is 0.396 e. The number of anilines is 2. The van der Waals surface area contributed by atoms with Gasteiger partial charge in [0.15, 0.2) is 23.3 Å². The summed E-state index contributed by atoms with van der Waals surface area (Å²) in [6.07, 6.45) is 1.10. The smallest absolute Gasteiger partial charge is 0.396 e. The Kier molecular flexibility index (Phi) is 9.80. The van der Waals surface area contributed by atoms with E-state index in [1.807, 2.05) is 0 Å². The first kappa shape index (κ1) is 34.0. The van der Waals surface area contributed by atoms with Gasteiger partial charge in [0.1, 0.15) is 0 Å². The topological polar surface area (TPSA) is 174 Å². The summed E-state index contributed by atoms with van der Waals surface area (Å²) in [7, 11) is 0. The number of rotatable bonds is 7. The SMILES string of the molecule is CCOC(=O)c1nnc(-c2cnc(N3CCC(F)(F)CC3)c(F)c2)o1.O=C(O)c1nnc(-c2cnc(N3CCC(F)(F)CC3)c(F)c2)o1. The molecule has 2 saturated heterocycles. The molecule has 0 bridgehead atoms. The quantitative estimate of drug-likeness (QED) is 0.206. The molecule has 0 unspecified atom stereocenters. The van der Waals surface area contributed by atoms with E-state index in [9.17, 15) is 35.9 Å². The van der Waals surface area contributed by atoms with Gasteiger partial charge in [0.2, 0.25) is 11.8 Å². The van der Waals surface area contributed by atoms with Crippen molar-refractivity contribution in [2.75, 3.05) is 42.6 Å². The molecule has 0 saturated carbocycles. The van der Waals surface area contributed by atoms with Crippen molar-refractivity contribution in [2.24, 2.45) is 0 Å². The number of hydrogen-bond donors (Lipinski definition) is 1. The van der Waals surface area contributed by atoms with E-state index in [4.69, 9.17) is 18.7 Å². The molecule has 6 heterocycles. The lowest BCUT2D eigenvalue weighted by atomic mass is 10.1. The van der Waals surface area contributed by atoms with Crippen molar-refractivity contribution in [1.82, 2.24) is 30.4 Å². The van der Waals surface area contributed by atoms with Crippen LogP contribution in [0.15, 0.2) is 33.4 Å². The normalized spacial score (nSPS) is 17.0. The Morgan fingerprint density at radius 1 is 0.771 bits per heavy atom. The highest BCUT2D eigenvalue weighted by atomic mass is 19.3. The number of pyridine rings is 2. The summed E-state index contributed by atoms with van der Waals surface area (Å²) in [6.45, 7) is 1.81. The van der Waals surface area contributed by atoms with E-state index in [0.29, 0.717) is 0 Å². The average Bonchev–Trinajstić information content (AvgIpc) is 3.74. The molecule has 14 nitrogen and oxygen atoms in total. The molecule has 256 valence electrons. The number of carbonyl (C=O) groups is 2. The summed E-state index contributed by atoms with van der Waals surface area (Å²) in [4.78, 5) is 33.0. The standard InChI is InChI=1S/C15H15F3N4O3.C13H11F3N4O3/c1-2-24-14(23)13-21-20-12(25-13)9-7-10(16)11(19-8-9)22-5-3-15(17,18)4-6-22;14-8-5-7(10-18-19-11(23-10)12(21)22)6-17-9(8)20-3-1-13(15,16)2-4-20/h7-8H,2-6H2,1H3;5-6H,1-4H2,(H,21,22). The van der Waals surface area contributed by atoms with Crippen molar-refractivity contribution in [3.05, 3.63) is 47.9 Å². The molecule has 4 aromatic rings. The second-order valence-electron chi connectivity index (χ2n) is 10.6. The van der Waals surface area contributed by atoms with Crippen LogP contribution >= 0.6 is 0 Å². The number of alkyl halides is 4. The summed E-state index contributed by atoms with van der Waals surface area (Å²) in [5.41, 5.74) is 0.278. The van der Waals surface area contributed by atoms with Crippen LogP contribution in [0.2, 0.25) is 0 Å². The molecular formula is C28H26F6N8O6. The Morgan fingerprint density at radius 2 is 1.19 bits per heavy atom. The van der Waals surface area contributed by atoms with Crippen molar-refractivity contribution >= 4 is 23.6 Å². The Balaban J connectivity index is 0.000000188. The molecule has 0 radical (unpaired) electrons. The van der Waals surface area contributed by atoms with Crippen LogP contribution in [-0.2, 0) is 4.74 Å². The largest absolute Gasteiger partial charge is 0.474 e. The molecule has 0 spiro atoms. The van der Waals surface area contributed by atoms with Gasteiger partial charge in [-0.05, 0) is 19.1 Å². The van der Waals surface area contributed by atoms with E-state index in [0.717, 1.165) is 12.1 Å². The first-order chi connectivity index (χ1) is 22.7. The molecule has 48 heavy (non-hydrogen) atoms. The van der Waals surface area contributed by atoms with Crippen LogP contribution in [0.3, 0.4) is 0 Å². The van der Waals surface area contributed by atoms with E-state index in [-0.39, 0.29) is 98.9 Å². The monoisotopic (exact) mass is 684 g/mol. The second kappa shape index (κ2) is 13.8. The van der Waals surface area contributed by atoms with Crippen molar-refractivity contribution in [3.8, 4) is 22.9 Å². The van der Waals surface area contributed by atoms with Gasteiger partial charge < -0.3 is 28.5 Å². The minimum atomic E-state index is -2.73. The van der Waals surface area contributed by atoms with E-state index in [1.54, 1.807) is 6.92 Å². The van der Waals surface area contributed by atoms with Gasteiger partial charge in [0.25, 0.3) is 11.8 Å². The maximum absolute atomic E-state index is 14.3. The van der Waals surface area contributed by atoms with Gasteiger partial charge in [-0.25, -0.2) is 45.9 Å². The summed E-state index contributed by atoms with van der Waals surface area (Å²) in [5.74, 6) is -10.4. The highest BCUT2D eigenvalue weighted by Crippen LogP contribution is 2.33. The summed E-state index contributed by atoms with van der Waals surface area (Å²) in [5, 5.41) is 22.7.